The number of ether oxygens (including phenoxy) is 1. The maximum absolute atomic E-state index is 12.1. The van der Waals surface area contributed by atoms with Crippen LogP contribution >= 0.6 is 0 Å². The molecular formula is C24H19N5O4. The summed E-state index contributed by atoms with van der Waals surface area (Å²) >= 11 is 0. The Morgan fingerprint density at radius 3 is 2.61 bits per heavy atom. The summed E-state index contributed by atoms with van der Waals surface area (Å²) in [4.78, 5) is 30.2. The molecule has 1 amide bonds. The molecule has 2 aromatic heterocycles. The van der Waals surface area contributed by atoms with E-state index in [1.165, 1.54) is 0 Å². The SMILES string of the molecule is COc1ccc(-c2ccc3nc(NC(=O)O)[nH]c3c2)cc1Cc1n[nH]c(=O)c2ccccc12. The van der Waals surface area contributed by atoms with Crippen LogP contribution < -0.4 is 15.6 Å². The maximum atomic E-state index is 12.1. The third-order valence-electron chi connectivity index (χ3n) is 5.45. The number of amides is 1. The number of aromatic nitrogens is 4. The summed E-state index contributed by atoms with van der Waals surface area (Å²) in [5, 5.41) is 19.4. The van der Waals surface area contributed by atoms with Gasteiger partial charge in [0.1, 0.15) is 5.75 Å². The third kappa shape index (κ3) is 3.87. The van der Waals surface area contributed by atoms with Gasteiger partial charge in [-0.25, -0.2) is 14.9 Å². The number of anilines is 1. The van der Waals surface area contributed by atoms with Gasteiger partial charge in [-0.1, -0.05) is 30.3 Å². The van der Waals surface area contributed by atoms with Crippen LogP contribution in [0.5, 0.6) is 5.75 Å². The molecule has 5 aromatic rings. The second-order valence-corrected chi connectivity index (χ2v) is 7.50. The molecule has 9 heteroatoms. The number of hydrogen-bond acceptors (Lipinski definition) is 5. The fourth-order valence-electron chi connectivity index (χ4n) is 3.93. The van der Waals surface area contributed by atoms with Crippen LogP contribution in [0.25, 0.3) is 32.9 Å². The summed E-state index contributed by atoms with van der Waals surface area (Å²) in [7, 11) is 1.62. The Morgan fingerprint density at radius 2 is 1.82 bits per heavy atom. The molecule has 9 nitrogen and oxygen atoms in total. The quantitative estimate of drug-likeness (QED) is 0.324. The largest absolute Gasteiger partial charge is 0.496 e. The zero-order chi connectivity index (χ0) is 22.9. The molecule has 2 heterocycles. The first-order valence-corrected chi connectivity index (χ1v) is 10.1. The van der Waals surface area contributed by atoms with Crippen LogP contribution in [0.1, 0.15) is 11.3 Å². The number of nitrogens with one attached hydrogen (secondary N) is 3. The summed E-state index contributed by atoms with van der Waals surface area (Å²) in [5.41, 5.74) is 4.67. The molecule has 0 aliphatic rings. The van der Waals surface area contributed by atoms with Gasteiger partial charge in [0.15, 0.2) is 0 Å². The van der Waals surface area contributed by atoms with Crippen molar-refractivity contribution in [3.05, 3.63) is 82.3 Å². The van der Waals surface area contributed by atoms with Crippen molar-refractivity contribution >= 4 is 33.8 Å². The van der Waals surface area contributed by atoms with E-state index in [-0.39, 0.29) is 11.5 Å². The van der Waals surface area contributed by atoms with Crippen molar-refractivity contribution in [3.8, 4) is 16.9 Å². The lowest BCUT2D eigenvalue weighted by molar-refractivity contribution is 0.209. The lowest BCUT2D eigenvalue weighted by atomic mass is 9.98. The van der Waals surface area contributed by atoms with Crippen molar-refractivity contribution in [1.82, 2.24) is 20.2 Å². The Kier molecular flexibility index (Phi) is 4.98. The monoisotopic (exact) mass is 441 g/mol. The van der Waals surface area contributed by atoms with Gasteiger partial charge in [-0.3, -0.25) is 10.1 Å². The molecule has 3 aromatic carbocycles. The molecule has 4 N–H and O–H groups in total. The number of carbonyl (C=O) groups is 1. The smallest absolute Gasteiger partial charge is 0.411 e. The van der Waals surface area contributed by atoms with E-state index < -0.39 is 6.09 Å². The van der Waals surface area contributed by atoms with Gasteiger partial charge in [-0.05, 0) is 41.5 Å². The number of hydrogen-bond donors (Lipinski definition) is 4. The molecule has 0 spiro atoms. The summed E-state index contributed by atoms with van der Waals surface area (Å²) in [6, 6.07) is 18.9. The highest BCUT2D eigenvalue weighted by Gasteiger charge is 2.13. The molecule has 0 atom stereocenters. The van der Waals surface area contributed by atoms with Gasteiger partial charge in [0, 0.05) is 17.4 Å². The van der Waals surface area contributed by atoms with E-state index >= 15 is 0 Å². The van der Waals surface area contributed by atoms with Gasteiger partial charge in [0.25, 0.3) is 5.56 Å². The molecular weight excluding hydrogens is 422 g/mol. The number of fused-ring (bicyclic) bond motifs is 2. The van der Waals surface area contributed by atoms with Crippen LogP contribution in [-0.2, 0) is 6.42 Å². The van der Waals surface area contributed by atoms with Gasteiger partial charge in [0.2, 0.25) is 5.95 Å². The molecule has 0 bridgehead atoms. The topological polar surface area (TPSA) is 133 Å². The number of H-pyrrole nitrogens is 2. The number of nitrogens with zero attached hydrogens (tertiary/aromatic N) is 2. The van der Waals surface area contributed by atoms with E-state index in [1.54, 1.807) is 13.2 Å². The Hall–Kier alpha value is -4.66. The lowest BCUT2D eigenvalue weighted by Gasteiger charge is -2.12. The standard InChI is InChI=1S/C24H19N5O4/c1-33-21-9-7-13(14-6-8-18-20(11-14)26-23(25-18)27-24(31)32)10-15(21)12-19-16-4-2-3-5-17(16)22(30)29-28-19/h2-11H,12H2,1H3,(H,29,30)(H,31,32)(H2,25,26,27). The molecule has 33 heavy (non-hydrogen) atoms. The van der Waals surface area contributed by atoms with Gasteiger partial charge in [-0.15, -0.1) is 0 Å². The highest BCUT2D eigenvalue weighted by molar-refractivity contribution is 5.88. The molecule has 0 saturated carbocycles. The zero-order valence-electron chi connectivity index (χ0n) is 17.5. The minimum atomic E-state index is -1.18. The molecule has 164 valence electrons. The van der Waals surface area contributed by atoms with Gasteiger partial charge < -0.3 is 14.8 Å². The second kappa shape index (κ2) is 8.12. The van der Waals surface area contributed by atoms with E-state index in [0.29, 0.717) is 28.6 Å². The zero-order valence-corrected chi connectivity index (χ0v) is 17.5. The van der Waals surface area contributed by atoms with Crippen LogP contribution in [0.15, 0.2) is 65.5 Å². The van der Waals surface area contributed by atoms with Crippen molar-refractivity contribution in [3.63, 3.8) is 0 Å². The average Bonchev–Trinajstić information content (AvgIpc) is 3.21. The number of aromatic amines is 2. The fourth-order valence-corrected chi connectivity index (χ4v) is 3.93. The number of rotatable bonds is 5. The first-order chi connectivity index (χ1) is 16.0. The van der Waals surface area contributed by atoms with Crippen LogP contribution in [0.3, 0.4) is 0 Å². The Morgan fingerprint density at radius 1 is 1.06 bits per heavy atom. The van der Waals surface area contributed by atoms with Crippen molar-refractivity contribution in [1.29, 1.82) is 0 Å². The van der Waals surface area contributed by atoms with Crippen LogP contribution in [0.2, 0.25) is 0 Å². The van der Waals surface area contributed by atoms with Crippen molar-refractivity contribution in [2.75, 3.05) is 12.4 Å². The summed E-state index contributed by atoms with van der Waals surface area (Å²) in [6.45, 7) is 0. The third-order valence-corrected chi connectivity index (χ3v) is 5.45. The van der Waals surface area contributed by atoms with Gasteiger partial charge in [-0.2, -0.15) is 5.10 Å². The Labute approximate surface area is 187 Å². The van der Waals surface area contributed by atoms with E-state index in [2.05, 4.69) is 25.5 Å². The van der Waals surface area contributed by atoms with E-state index in [0.717, 1.165) is 27.8 Å². The molecule has 0 saturated heterocycles. The predicted octanol–water partition coefficient (Wildman–Crippen LogP) is 4.16. The van der Waals surface area contributed by atoms with Gasteiger partial charge in [0.05, 0.1) is 29.2 Å². The molecule has 0 fully saturated rings. The lowest BCUT2D eigenvalue weighted by Crippen LogP contribution is -2.11. The minimum Gasteiger partial charge on any atom is -0.496 e. The first kappa shape index (κ1) is 20.3. The predicted molar refractivity (Wildman–Crippen MR) is 125 cm³/mol. The van der Waals surface area contributed by atoms with Crippen LogP contribution in [0.4, 0.5) is 10.7 Å². The van der Waals surface area contributed by atoms with Crippen LogP contribution in [-0.4, -0.2) is 38.5 Å². The Balaban J connectivity index is 1.55. The molecule has 0 aliphatic carbocycles. The average molecular weight is 441 g/mol. The second-order valence-electron chi connectivity index (χ2n) is 7.50. The Bertz CT molecular complexity index is 1570. The minimum absolute atomic E-state index is 0.168. The fraction of sp³-hybridized carbons (Fsp3) is 0.0833. The number of carboxylic acid groups (broad SMARTS) is 1. The highest BCUT2D eigenvalue weighted by Crippen LogP contribution is 2.31. The van der Waals surface area contributed by atoms with Crippen molar-refractivity contribution in [2.24, 2.45) is 0 Å². The molecule has 0 aliphatic heterocycles. The number of benzene rings is 3. The van der Waals surface area contributed by atoms with E-state index in [1.807, 2.05) is 54.6 Å². The summed E-state index contributed by atoms with van der Waals surface area (Å²) in [5.74, 6) is 0.882. The van der Waals surface area contributed by atoms with E-state index in [4.69, 9.17) is 9.84 Å². The number of methoxy groups -OCH3 is 1. The molecule has 0 radical (unpaired) electrons. The number of imidazole rings is 1. The van der Waals surface area contributed by atoms with Gasteiger partial charge >= 0.3 is 6.09 Å². The highest BCUT2D eigenvalue weighted by atomic mass is 16.5. The van der Waals surface area contributed by atoms with Crippen LogP contribution in [0, 0.1) is 0 Å². The van der Waals surface area contributed by atoms with Crippen molar-refractivity contribution in [2.45, 2.75) is 6.42 Å². The molecule has 5 rings (SSSR count). The van der Waals surface area contributed by atoms with E-state index in [9.17, 15) is 9.59 Å². The summed E-state index contributed by atoms with van der Waals surface area (Å²) < 4.78 is 5.57. The maximum Gasteiger partial charge on any atom is 0.411 e. The summed E-state index contributed by atoms with van der Waals surface area (Å²) in [6.07, 6.45) is -0.717. The van der Waals surface area contributed by atoms with Crippen molar-refractivity contribution < 1.29 is 14.6 Å². The first-order valence-electron chi connectivity index (χ1n) is 10.1. The molecule has 0 unspecified atom stereocenters. The normalized spacial score (nSPS) is 11.1.